The second-order valence-electron chi connectivity index (χ2n) is 12.9. The summed E-state index contributed by atoms with van der Waals surface area (Å²) >= 11 is 0. The number of aromatic hydroxyl groups is 1. The summed E-state index contributed by atoms with van der Waals surface area (Å²) in [4.78, 5) is 28.0. The third-order valence-electron chi connectivity index (χ3n) is 9.61. The van der Waals surface area contributed by atoms with E-state index in [1.54, 1.807) is 6.07 Å². The number of hydrogen-bond donors (Lipinski definition) is 1. The minimum atomic E-state index is -5.12. The van der Waals surface area contributed by atoms with Crippen molar-refractivity contribution in [2.45, 2.75) is 58.5 Å². The van der Waals surface area contributed by atoms with E-state index in [0.717, 1.165) is 33.1 Å². The smallest absolute Gasteiger partial charge is 0.416 e. The summed E-state index contributed by atoms with van der Waals surface area (Å²) in [7, 11) is 0. The van der Waals surface area contributed by atoms with E-state index in [1.807, 2.05) is 57.2 Å². The Morgan fingerprint density at radius 3 is 2.19 bits per heavy atom. The minimum Gasteiger partial charge on any atom is -0.507 e. The van der Waals surface area contributed by atoms with E-state index in [4.69, 9.17) is 4.74 Å². The molecule has 6 rings (SSSR count). The maximum absolute atomic E-state index is 13.8. The molecule has 2 aliphatic heterocycles. The first-order valence-electron chi connectivity index (χ1n) is 15.5. The largest absolute Gasteiger partial charge is 0.507 e. The van der Waals surface area contributed by atoms with Crippen LogP contribution < -0.4 is 4.90 Å². The number of halogens is 6. The molecular formula is C36H33F6NO4. The van der Waals surface area contributed by atoms with E-state index in [2.05, 4.69) is 0 Å². The SMILES string of the molecule is C/C(=C\c1ccc(O)c2ccccc12)CC[C@H]1OC[C@H]2C1=C(C(C)C)C[C@H]1C(=O)N(c3cc(C(F)(F)F)cc(C(F)(F)F)c3)C(=O)[C@H]12. The van der Waals surface area contributed by atoms with Gasteiger partial charge in [0.05, 0.1) is 41.4 Å². The molecule has 1 aliphatic carbocycles. The van der Waals surface area contributed by atoms with Gasteiger partial charge >= 0.3 is 12.4 Å². The Kier molecular flexibility index (Phi) is 8.27. The summed E-state index contributed by atoms with van der Waals surface area (Å²) in [5.41, 5.74) is -0.0686. The third-order valence-corrected chi connectivity index (χ3v) is 9.61. The average Bonchev–Trinajstić information content (AvgIpc) is 3.54. The normalized spacial score (nSPS) is 23.7. The van der Waals surface area contributed by atoms with Gasteiger partial charge in [-0.15, -0.1) is 0 Å². The lowest BCUT2D eigenvalue weighted by atomic mass is 9.67. The molecule has 47 heavy (non-hydrogen) atoms. The molecule has 0 radical (unpaired) electrons. The van der Waals surface area contributed by atoms with Gasteiger partial charge in [0.1, 0.15) is 5.75 Å². The number of imide groups is 1. The van der Waals surface area contributed by atoms with Crippen LogP contribution in [0.15, 0.2) is 71.3 Å². The molecule has 248 valence electrons. The zero-order valence-corrected chi connectivity index (χ0v) is 25.9. The first-order valence-corrected chi connectivity index (χ1v) is 15.5. The Balaban J connectivity index is 1.28. The molecule has 3 aromatic carbocycles. The molecule has 2 fully saturated rings. The molecular weight excluding hydrogens is 624 g/mol. The van der Waals surface area contributed by atoms with Gasteiger partial charge in [0.25, 0.3) is 0 Å². The number of allylic oxidation sites excluding steroid dienone is 2. The van der Waals surface area contributed by atoms with Gasteiger partial charge in [0.2, 0.25) is 11.8 Å². The van der Waals surface area contributed by atoms with Gasteiger partial charge in [0, 0.05) is 11.3 Å². The molecule has 2 saturated heterocycles. The van der Waals surface area contributed by atoms with E-state index >= 15 is 0 Å². The summed E-state index contributed by atoms with van der Waals surface area (Å²) in [5, 5.41) is 11.9. The molecule has 2 amide bonds. The number of rotatable bonds is 6. The number of nitrogens with zero attached hydrogens (tertiary/aromatic N) is 1. The topological polar surface area (TPSA) is 66.8 Å². The van der Waals surface area contributed by atoms with Crippen LogP contribution in [0.2, 0.25) is 0 Å². The summed E-state index contributed by atoms with van der Waals surface area (Å²) in [5.74, 6) is -3.82. The van der Waals surface area contributed by atoms with Crippen molar-refractivity contribution >= 4 is 34.4 Å². The number of hydrogen-bond acceptors (Lipinski definition) is 4. The number of carbonyl (C=O) groups excluding carboxylic acids is 2. The van der Waals surface area contributed by atoms with Crippen molar-refractivity contribution in [2.75, 3.05) is 11.5 Å². The van der Waals surface area contributed by atoms with Crippen LogP contribution in [0.4, 0.5) is 32.0 Å². The summed E-state index contributed by atoms with van der Waals surface area (Å²) in [6.45, 7) is 6.02. The lowest BCUT2D eigenvalue weighted by molar-refractivity contribution is -0.143. The van der Waals surface area contributed by atoms with Crippen LogP contribution in [0.3, 0.4) is 0 Å². The molecule has 5 nitrogen and oxygen atoms in total. The zero-order chi connectivity index (χ0) is 34.0. The average molecular weight is 658 g/mol. The highest BCUT2D eigenvalue weighted by molar-refractivity contribution is 6.22. The van der Waals surface area contributed by atoms with Gasteiger partial charge in [-0.1, -0.05) is 61.4 Å². The monoisotopic (exact) mass is 657 g/mol. The van der Waals surface area contributed by atoms with Crippen molar-refractivity contribution in [3.8, 4) is 5.75 Å². The summed E-state index contributed by atoms with van der Waals surface area (Å²) < 4.78 is 87.9. The Hall–Kier alpha value is -4.12. The number of ether oxygens (including phenoxy) is 1. The van der Waals surface area contributed by atoms with Crippen molar-refractivity contribution in [3.05, 3.63) is 88.0 Å². The molecule has 11 heteroatoms. The van der Waals surface area contributed by atoms with E-state index in [1.165, 1.54) is 0 Å². The van der Waals surface area contributed by atoms with Crippen LogP contribution in [0.1, 0.15) is 56.7 Å². The Labute approximate surface area is 267 Å². The van der Waals surface area contributed by atoms with Crippen molar-refractivity contribution in [3.63, 3.8) is 0 Å². The predicted molar refractivity (Wildman–Crippen MR) is 164 cm³/mol. The first-order chi connectivity index (χ1) is 22.1. The molecule has 4 atom stereocenters. The summed E-state index contributed by atoms with van der Waals surface area (Å²) in [6.07, 6.45) is -7.17. The molecule has 0 bridgehead atoms. The van der Waals surface area contributed by atoms with Gasteiger partial charge in [-0.2, -0.15) is 26.3 Å². The second kappa shape index (κ2) is 11.8. The molecule has 0 saturated carbocycles. The molecule has 3 aromatic rings. The number of carbonyl (C=O) groups is 2. The first kappa shape index (κ1) is 32.8. The number of fused-ring (bicyclic) bond motifs is 4. The standard InChI is InChI=1S/C36H33F6NO4/c1-18(2)26-16-27-32(34(46)43(33(27)45)23-14-21(35(37,38)39)13-22(15-23)36(40,41)42)28-17-47-30(31(26)28)11-8-19(3)12-20-9-10-29(44)25-7-5-4-6-24(20)25/h4-7,9-10,12-15,18,27-28,30,32,44H,8,11,16-17H2,1-3H3/b19-12+/t27-,28+,30-,32-/m1/s1. The Bertz CT molecular complexity index is 1790. The number of phenolic OH excluding ortho intramolecular Hbond substituents is 1. The van der Waals surface area contributed by atoms with Crippen LogP contribution in [-0.4, -0.2) is 29.6 Å². The highest BCUT2D eigenvalue weighted by atomic mass is 19.4. The number of anilines is 1. The summed E-state index contributed by atoms with van der Waals surface area (Å²) in [6, 6.07) is 11.9. The zero-order valence-electron chi connectivity index (χ0n) is 25.9. The Morgan fingerprint density at radius 2 is 1.57 bits per heavy atom. The second-order valence-corrected chi connectivity index (χ2v) is 12.9. The van der Waals surface area contributed by atoms with E-state index in [9.17, 15) is 41.0 Å². The number of amides is 2. The van der Waals surface area contributed by atoms with Gasteiger partial charge in [0.15, 0.2) is 0 Å². The van der Waals surface area contributed by atoms with Gasteiger partial charge in [-0.05, 0) is 72.9 Å². The predicted octanol–water partition coefficient (Wildman–Crippen LogP) is 8.94. The highest BCUT2D eigenvalue weighted by Gasteiger charge is 2.58. The number of alkyl halides is 6. The fourth-order valence-electron chi connectivity index (χ4n) is 7.41. The van der Waals surface area contributed by atoms with Crippen molar-refractivity contribution in [2.24, 2.45) is 23.7 Å². The van der Waals surface area contributed by atoms with Crippen LogP contribution in [-0.2, 0) is 26.7 Å². The van der Waals surface area contributed by atoms with Crippen molar-refractivity contribution in [1.29, 1.82) is 0 Å². The van der Waals surface area contributed by atoms with Crippen LogP contribution >= 0.6 is 0 Å². The molecule has 1 N–H and O–H groups in total. The van der Waals surface area contributed by atoms with E-state index < -0.39 is 58.7 Å². The van der Waals surface area contributed by atoms with Crippen molar-refractivity contribution in [1.82, 2.24) is 0 Å². The number of phenols is 1. The van der Waals surface area contributed by atoms with Gasteiger partial charge < -0.3 is 9.84 Å². The van der Waals surface area contributed by atoms with Crippen LogP contribution in [0.5, 0.6) is 5.75 Å². The highest BCUT2D eigenvalue weighted by Crippen LogP contribution is 2.52. The lowest BCUT2D eigenvalue weighted by Gasteiger charge is -2.33. The molecule has 0 unspecified atom stereocenters. The van der Waals surface area contributed by atoms with Gasteiger partial charge in [-0.25, -0.2) is 4.90 Å². The van der Waals surface area contributed by atoms with Crippen LogP contribution in [0, 0.1) is 23.7 Å². The Morgan fingerprint density at radius 1 is 0.936 bits per heavy atom. The fraction of sp³-hybridized carbons (Fsp3) is 0.389. The minimum absolute atomic E-state index is 0.0198. The quantitative estimate of drug-likeness (QED) is 0.163. The number of benzene rings is 3. The van der Waals surface area contributed by atoms with E-state index in [-0.39, 0.29) is 36.9 Å². The van der Waals surface area contributed by atoms with Crippen LogP contribution in [0.25, 0.3) is 16.8 Å². The van der Waals surface area contributed by atoms with Crippen molar-refractivity contribution < 1.29 is 45.8 Å². The third kappa shape index (κ3) is 5.94. The molecule has 3 aliphatic rings. The molecule has 2 heterocycles. The molecule has 0 spiro atoms. The van der Waals surface area contributed by atoms with E-state index in [0.29, 0.717) is 29.9 Å². The maximum Gasteiger partial charge on any atom is 0.416 e. The maximum atomic E-state index is 13.8. The fourth-order valence-corrected chi connectivity index (χ4v) is 7.41. The van der Waals surface area contributed by atoms with Gasteiger partial charge in [-0.3, -0.25) is 9.59 Å². The lowest BCUT2D eigenvalue weighted by Crippen LogP contribution is -2.35. The molecule has 0 aromatic heterocycles.